The number of pyridine rings is 1. The van der Waals surface area contributed by atoms with Crippen LogP contribution in [0.25, 0.3) is 0 Å². The predicted molar refractivity (Wildman–Crippen MR) is 78.7 cm³/mol. The number of amides is 1. The van der Waals surface area contributed by atoms with Gasteiger partial charge in [-0.05, 0) is 30.7 Å². The van der Waals surface area contributed by atoms with E-state index in [0.29, 0.717) is 18.1 Å². The Kier molecular flexibility index (Phi) is 4.84. The summed E-state index contributed by atoms with van der Waals surface area (Å²) in [7, 11) is 0. The number of halogens is 1. The van der Waals surface area contributed by atoms with Crippen molar-refractivity contribution < 1.29 is 14.3 Å². The molecule has 2 rings (SSSR count). The molecule has 0 aliphatic carbocycles. The Hall–Kier alpha value is -2.47. The maximum absolute atomic E-state index is 13.3. The number of carbonyl (C=O) groups excluding carboxylic acids is 1. The first-order valence-electron chi connectivity index (χ1n) is 6.54. The molecule has 0 bridgehead atoms. The van der Waals surface area contributed by atoms with Crippen LogP contribution < -0.4 is 10.6 Å². The molecule has 0 saturated heterocycles. The molecule has 0 aliphatic rings. The third-order valence-electron chi connectivity index (χ3n) is 2.84. The summed E-state index contributed by atoms with van der Waals surface area (Å²) in [4.78, 5) is 16.1. The van der Waals surface area contributed by atoms with E-state index in [4.69, 9.17) is 5.11 Å². The minimum Gasteiger partial charge on any atom is -0.392 e. The summed E-state index contributed by atoms with van der Waals surface area (Å²) in [6, 6.07) is 7.88. The number of carbonyl (C=O) groups is 1. The summed E-state index contributed by atoms with van der Waals surface area (Å²) in [5, 5.41) is 14.6. The average Bonchev–Trinajstić information content (AvgIpc) is 2.50. The predicted octanol–water partition coefficient (Wildman–Crippen LogP) is 2.40. The topological polar surface area (TPSA) is 74.2 Å². The molecule has 5 nitrogen and oxygen atoms in total. The molecular weight excluding hydrogens is 273 g/mol. The zero-order valence-corrected chi connectivity index (χ0v) is 11.6. The summed E-state index contributed by atoms with van der Waals surface area (Å²) < 4.78 is 13.3. The van der Waals surface area contributed by atoms with Gasteiger partial charge >= 0.3 is 0 Å². The van der Waals surface area contributed by atoms with Crippen LogP contribution in [0.3, 0.4) is 0 Å². The quantitative estimate of drug-likeness (QED) is 0.790. The first kappa shape index (κ1) is 14.9. The molecule has 21 heavy (non-hydrogen) atoms. The van der Waals surface area contributed by atoms with Gasteiger partial charge in [0.05, 0.1) is 18.4 Å². The molecule has 0 unspecified atom stereocenters. The van der Waals surface area contributed by atoms with Gasteiger partial charge in [0, 0.05) is 12.2 Å². The van der Waals surface area contributed by atoms with Crippen LogP contribution in [0.15, 0.2) is 36.5 Å². The van der Waals surface area contributed by atoms with E-state index in [1.807, 2.05) is 6.92 Å². The van der Waals surface area contributed by atoms with Crippen molar-refractivity contribution >= 4 is 17.4 Å². The minimum absolute atomic E-state index is 0.0629. The Balaban J connectivity index is 2.20. The van der Waals surface area contributed by atoms with Gasteiger partial charge in [0.2, 0.25) is 0 Å². The van der Waals surface area contributed by atoms with Crippen molar-refractivity contribution in [3.8, 4) is 0 Å². The zero-order valence-electron chi connectivity index (χ0n) is 11.6. The molecule has 2 aromatic rings. The second-order valence-corrected chi connectivity index (χ2v) is 4.39. The lowest BCUT2D eigenvalue weighted by molar-refractivity contribution is 0.102. The van der Waals surface area contributed by atoms with E-state index >= 15 is 0 Å². The van der Waals surface area contributed by atoms with Gasteiger partial charge in [0.25, 0.3) is 5.91 Å². The molecule has 0 fully saturated rings. The first-order valence-corrected chi connectivity index (χ1v) is 6.54. The lowest BCUT2D eigenvalue weighted by Gasteiger charge is -2.10. The molecule has 1 heterocycles. The van der Waals surface area contributed by atoms with Crippen LogP contribution in [-0.2, 0) is 6.61 Å². The Morgan fingerprint density at radius 3 is 2.67 bits per heavy atom. The van der Waals surface area contributed by atoms with E-state index in [2.05, 4.69) is 15.6 Å². The monoisotopic (exact) mass is 289 g/mol. The van der Waals surface area contributed by atoms with Crippen LogP contribution in [0.1, 0.15) is 22.8 Å². The highest BCUT2D eigenvalue weighted by atomic mass is 19.1. The average molecular weight is 289 g/mol. The summed E-state index contributed by atoms with van der Waals surface area (Å²) in [6.07, 6.45) is 1.06. The number of anilines is 2. The molecule has 0 aliphatic heterocycles. The van der Waals surface area contributed by atoms with Crippen LogP contribution in [-0.4, -0.2) is 22.5 Å². The fourth-order valence-electron chi connectivity index (χ4n) is 1.81. The molecule has 0 spiro atoms. The van der Waals surface area contributed by atoms with E-state index < -0.39 is 11.7 Å². The Labute approximate surface area is 121 Å². The summed E-state index contributed by atoms with van der Waals surface area (Å²) in [5.41, 5.74) is 1.45. The largest absolute Gasteiger partial charge is 0.392 e. The van der Waals surface area contributed by atoms with Gasteiger partial charge in [-0.1, -0.05) is 12.1 Å². The molecule has 1 aromatic carbocycles. The van der Waals surface area contributed by atoms with Crippen LogP contribution in [0.4, 0.5) is 15.9 Å². The van der Waals surface area contributed by atoms with Crippen molar-refractivity contribution in [3.63, 3.8) is 0 Å². The molecule has 0 saturated carbocycles. The first-order chi connectivity index (χ1) is 10.1. The third-order valence-corrected chi connectivity index (χ3v) is 2.84. The number of aliphatic hydroxyl groups excluding tert-OH is 1. The summed E-state index contributed by atoms with van der Waals surface area (Å²) in [6.45, 7) is 2.37. The SMILES string of the molecule is CCNc1ncc(F)cc1C(=O)Nc1ccc(CO)cc1. The van der Waals surface area contributed by atoms with Crippen molar-refractivity contribution in [2.24, 2.45) is 0 Å². The fraction of sp³-hybridized carbons (Fsp3) is 0.200. The zero-order chi connectivity index (χ0) is 15.2. The number of aromatic nitrogens is 1. The number of hydrogen-bond donors (Lipinski definition) is 3. The lowest BCUT2D eigenvalue weighted by Crippen LogP contribution is -2.16. The maximum Gasteiger partial charge on any atom is 0.259 e. The number of hydrogen-bond acceptors (Lipinski definition) is 4. The highest BCUT2D eigenvalue weighted by Gasteiger charge is 2.14. The third kappa shape index (κ3) is 3.76. The van der Waals surface area contributed by atoms with Gasteiger partial charge in [0.1, 0.15) is 11.6 Å². The van der Waals surface area contributed by atoms with E-state index in [-0.39, 0.29) is 12.2 Å². The van der Waals surface area contributed by atoms with Gasteiger partial charge in [-0.2, -0.15) is 0 Å². The molecule has 3 N–H and O–H groups in total. The van der Waals surface area contributed by atoms with Crippen molar-refractivity contribution in [3.05, 3.63) is 53.5 Å². The second-order valence-electron chi connectivity index (χ2n) is 4.39. The Morgan fingerprint density at radius 2 is 2.05 bits per heavy atom. The second kappa shape index (κ2) is 6.81. The number of nitrogens with zero attached hydrogens (tertiary/aromatic N) is 1. The summed E-state index contributed by atoms with van der Waals surface area (Å²) in [5.74, 6) is -0.685. The number of aliphatic hydroxyl groups is 1. The van der Waals surface area contributed by atoms with Gasteiger partial charge in [0.15, 0.2) is 0 Å². The van der Waals surface area contributed by atoms with Gasteiger partial charge < -0.3 is 15.7 Å². The van der Waals surface area contributed by atoms with Crippen molar-refractivity contribution in [2.75, 3.05) is 17.2 Å². The van der Waals surface area contributed by atoms with E-state index in [1.54, 1.807) is 24.3 Å². The van der Waals surface area contributed by atoms with E-state index in [0.717, 1.165) is 17.8 Å². The molecule has 1 aromatic heterocycles. The molecule has 1 amide bonds. The van der Waals surface area contributed by atoms with Crippen molar-refractivity contribution in [2.45, 2.75) is 13.5 Å². The van der Waals surface area contributed by atoms with Crippen LogP contribution in [0.2, 0.25) is 0 Å². The van der Waals surface area contributed by atoms with Gasteiger partial charge in [-0.3, -0.25) is 4.79 Å². The van der Waals surface area contributed by atoms with Gasteiger partial charge in [-0.25, -0.2) is 9.37 Å². The fourth-order valence-corrected chi connectivity index (χ4v) is 1.81. The van der Waals surface area contributed by atoms with E-state index in [1.165, 1.54) is 0 Å². The molecule has 0 radical (unpaired) electrons. The lowest BCUT2D eigenvalue weighted by atomic mass is 10.2. The molecule has 110 valence electrons. The molecule has 6 heteroatoms. The van der Waals surface area contributed by atoms with Crippen LogP contribution in [0, 0.1) is 5.82 Å². The Morgan fingerprint density at radius 1 is 1.33 bits per heavy atom. The normalized spacial score (nSPS) is 10.2. The Bertz CT molecular complexity index is 629. The molecular formula is C15H16FN3O2. The maximum atomic E-state index is 13.3. The number of rotatable bonds is 5. The number of benzene rings is 1. The number of nitrogens with one attached hydrogen (secondary N) is 2. The highest BCUT2D eigenvalue weighted by Crippen LogP contribution is 2.17. The summed E-state index contributed by atoms with van der Waals surface area (Å²) >= 11 is 0. The molecule has 0 atom stereocenters. The van der Waals surface area contributed by atoms with Gasteiger partial charge in [-0.15, -0.1) is 0 Å². The van der Waals surface area contributed by atoms with E-state index in [9.17, 15) is 9.18 Å². The van der Waals surface area contributed by atoms with Crippen molar-refractivity contribution in [1.82, 2.24) is 4.98 Å². The van der Waals surface area contributed by atoms with Crippen LogP contribution >= 0.6 is 0 Å². The smallest absolute Gasteiger partial charge is 0.259 e. The minimum atomic E-state index is -0.572. The van der Waals surface area contributed by atoms with Crippen LogP contribution in [0.5, 0.6) is 0 Å². The standard InChI is InChI=1S/C15H16FN3O2/c1-2-17-14-13(7-11(16)8-18-14)15(21)19-12-5-3-10(9-20)4-6-12/h3-8,20H,2,9H2,1H3,(H,17,18)(H,19,21). The van der Waals surface area contributed by atoms with Crippen molar-refractivity contribution in [1.29, 1.82) is 0 Å². The highest BCUT2D eigenvalue weighted by molar-refractivity contribution is 6.07.